The molecule has 0 amide bonds. The molecule has 2 aromatic carbocycles. The summed E-state index contributed by atoms with van der Waals surface area (Å²) >= 11 is 0. The van der Waals surface area contributed by atoms with E-state index in [1.807, 2.05) is 18.2 Å². The quantitative estimate of drug-likeness (QED) is 0.498. The van der Waals surface area contributed by atoms with Gasteiger partial charge in [0, 0.05) is 18.8 Å². The first kappa shape index (κ1) is 19.0. The summed E-state index contributed by atoms with van der Waals surface area (Å²) in [5, 5.41) is 4.62. The van der Waals surface area contributed by atoms with E-state index in [4.69, 9.17) is 4.74 Å². The molecule has 0 aliphatic heterocycles. The van der Waals surface area contributed by atoms with Crippen molar-refractivity contribution in [2.45, 2.75) is 26.8 Å². The molecule has 0 radical (unpaired) electrons. The van der Waals surface area contributed by atoms with Crippen LogP contribution in [0.1, 0.15) is 22.4 Å². The molecule has 0 fully saturated rings. The van der Waals surface area contributed by atoms with Gasteiger partial charge in [-0.25, -0.2) is 9.97 Å². The number of ether oxygens (including phenoxy) is 1. The predicted octanol–water partition coefficient (Wildman–Crippen LogP) is 4.76. The minimum Gasteiger partial charge on any atom is -0.497 e. The van der Waals surface area contributed by atoms with Crippen molar-refractivity contribution in [2.24, 2.45) is 0 Å². The van der Waals surface area contributed by atoms with Crippen LogP contribution in [-0.2, 0) is 13.0 Å². The van der Waals surface area contributed by atoms with Gasteiger partial charge >= 0.3 is 0 Å². The van der Waals surface area contributed by atoms with E-state index >= 15 is 0 Å². The van der Waals surface area contributed by atoms with Gasteiger partial charge in [-0.15, -0.1) is 0 Å². The number of hydrogen-bond donors (Lipinski definition) is 1. The lowest BCUT2D eigenvalue weighted by molar-refractivity contribution is 0.414. The van der Waals surface area contributed by atoms with Gasteiger partial charge in [-0.2, -0.15) is 0 Å². The highest BCUT2D eigenvalue weighted by Crippen LogP contribution is 2.29. The fraction of sp³-hybridized carbons (Fsp3) is 0.250. The monoisotopic (exact) mass is 386 g/mol. The van der Waals surface area contributed by atoms with Crippen LogP contribution in [0.4, 0.5) is 5.82 Å². The maximum atomic E-state index is 5.23. The second-order valence-electron chi connectivity index (χ2n) is 7.23. The molecular weight excluding hydrogens is 360 g/mol. The molecular formula is C24H26N4O. The first-order valence-corrected chi connectivity index (χ1v) is 9.88. The van der Waals surface area contributed by atoms with Crippen LogP contribution in [0.15, 0.2) is 60.9 Å². The third-order valence-electron chi connectivity index (χ3n) is 5.45. The number of hydrogen-bond acceptors (Lipinski definition) is 4. The fourth-order valence-corrected chi connectivity index (χ4v) is 3.68. The Balaban J connectivity index is 1.56. The Hall–Kier alpha value is -3.34. The highest BCUT2D eigenvalue weighted by molar-refractivity contribution is 5.91. The third-order valence-corrected chi connectivity index (χ3v) is 5.45. The van der Waals surface area contributed by atoms with Crippen molar-refractivity contribution in [1.82, 2.24) is 14.5 Å². The number of aryl methyl sites for hydroxylation is 1. The Morgan fingerprint density at radius 1 is 0.931 bits per heavy atom. The number of rotatable bonds is 7. The van der Waals surface area contributed by atoms with E-state index in [0.29, 0.717) is 0 Å². The summed E-state index contributed by atoms with van der Waals surface area (Å²) in [5.41, 5.74) is 5.95. The van der Waals surface area contributed by atoms with Gasteiger partial charge in [0.15, 0.2) is 0 Å². The number of fused-ring (bicyclic) bond motifs is 1. The van der Waals surface area contributed by atoms with Gasteiger partial charge in [0.1, 0.15) is 23.5 Å². The average Bonchev–Trinajstić information content (AvgIpc) is 3.00. The minimum absolute atomic E-state index is 0.805. The van der Waals surface area contributed by atoms with Crippen molar-refractivity contribution in [2.75, 3.05) is 19.0 Å². The highest BCUT2D eigenvalue weighted by atomic mass is 16.5. The van der Waals surface area contributed by atoms with E-state index in [1.54, 1.807) is 13.4 Å². The summed E-state index contributed by atoms with van der Waals surface area (Å²) in [5.74, 6) is 1.78. The Morgan fingerprint density at radius 2 is 1.69 bits per heavy atom. The maximum Gasteiger partial charge on any atom is 0.146 e. The smallest absolute Gasteiger partial charge is 0.146 e. The first-order chi connectivity index (χ1) is 14.2. The molecule has 5 heteroatoms. The van der Waals surface area contributed by atoms with Gasteiger partial charge in [-0.3, -0.25) is 0 Å². The second-order valence-corrected chi connectivity index (χ2v) is 7.23. The van der Waals surface area contributed by atoms with Gasteiger partial charge in [-0.1, -0.05) is 42.5 Å². The van der Waals surface area contributed by atoms with Gasteiger partial charge in [-0.05, 0) is 49.1 Å². The topological polar surface area (TPSA) is 52.0 Å². The molecule has 0 bridgehead atoms. The van der Waals surface area contributed by atoms with Gasteiger partial charge < -0.3 is 14.6 Å². The SMILES string of the molecule is COc1ccc(CCNc2ncnc3c2c(C)c(C)n3Cc2ccccc2)cc1. The van der Waals surface area contributed by atoms with Crippen molar-refractivity contribution < 1.29 is 4.74 Å². The molecule has 0 unspecified atom stereocenters. The van der Waals surface area contributed by atoms with E-state index in [9.17, 15) is 0 Å². The van der Waals surface area contributed by atoms with Crippen molar-refractivity contribution in [3.63, 3.8) is 0 Å². The van der Waals surface area contributed by atoms with Crippen LogP contribution in [-0.4, -0.2) is 28.2 Å². The van der Waals surface area contributed by atoms with E-state index in [2.05, 4.69) is 70.1 Å². The van der Waals surface area contributed by atoms with Crippen LogP contribution in [0.2, 0.25) is 0 Å². The molecule has 1 N–H and O–H groups in total. The van der Waals surface area contributed by atoms with E-state index in [1.165, 1.54) is 22.4 Å². The minimum atomic E-state index is 0.805. The normalized spacial score (nSPS) is 11.0. The molecule has 148 valence electrons. The lowest BCUT2D eigenvalue weighted by Crippen LogP contribution is -2.07. The Morgan fingerprint density at radius 3 is 2.41 bits per heavy atom. The molecule has 5 nitrogen and oxygen atoms in total. The van der Waals surface area contributed by atoms with Crippen LogP contribution in [0.5, 0.6) is 5.75 Å². The fourth-order valence-electron chi connectivity index (χ4n) is 3.68. The number of methoxy groups -OCH3 is 1. The summed E-state index contributed by atoms with van der Waals surface area (Å²) in [6.07, 6.45) is 2.57. The van der Waals surface area contributed by atoms with Crippen LogP contribution >= 0.6 is 0 Å². The number of nitrogens with one attached hydrogen (secondary N) is 1. The largest absolute Gasteiger partial charge is 0.497 e. The van der Waals surface area contributed by atoms with Crippen molar-refractivity contribution in [3.05, 3.63) is 83.3 Å². The Kier molecular flexibility index (Phi) is 5.47. The highest BCUT2D eigenvalue weighted by Gasteiger charge is 2.16. The first-order valence-electron chi connectivity index (χ1n) is 9.88. The van der Waals surface area contributed by atoms with E-state index < -0.39 is 0 Å². The van der Waals surface area contributed by atoms with Crippen LogP contribution < -0.4 is 10.1 Å². The molecule has 0 spiro atoms. The summed E-state index contributed by atoms with van der Waals surface area (Å²) in [6, 6.07) is 18.7. The van der Waals surface area contributed by atoms with E-state index in [0.717, 1.165) is 42.1 Å². The molecule has 0 aliphatic carbocycles. The zero-order valence-corrected chi connectivity index (χ0v) is 17.1. The molecule has 2 heterocycles. The summed E-state index contributed by atoms with van der Waals surface area (Å²) in [4.78, 5) is 9.14. The molecule has 29 heavy (non-hydrogen) atoms. The summed E-state index contributed by atoms with van der Waals surface area (Å²) < 4.78 is 7.50. The number of aromatic nitrogens is 3. The average molecular weight is 386 g/mol. The Bertz CT molecular complexity index is 1100. The zero-order chi connectivity index (χ0) is 20.2. The van der Waals surface area contributed by atoms with Crippen LogP contribution in [0, 0.1) is 13.8 Å². The standard InChI is InChI=1S/C24H26N4O/c1-17-18(2)28(15-20-7-5-4-6-8-20)24-22(17)23(26-16-27-24)25-14-13-19-9-11-21(29-3)12-10-19/h4-12,16H,13-15H2,1-3H3,(H,25,26,27). The van der Waals surface area contributed by atoms with E-state index in [-0.39, 0.29) is 0 Å². The number of nitrogens with zero attached hydrogens (tertiary/aromatic N) is 3. The van der Waals surface area contributed by atoms with Gasteiger partial charge in [0.25, 0.3) is 0 Å². The molecule has 0 saturated heterocycles. The molecule has 2 aromatic heterocycles. The zero-order valence-electron chi connectivity index (χ0n) is 17.1. The molecule has 0 aliphatic rings. The lowest BCUT2D eigenvalue weighted by Gasteiger charge is -2.09. The Labute approximate surface area is 171 Å². The summed E-state index contributed by atoms with van der Waals surface area (Å²) in [7, 11) is 1.69. The van der Waals surface area contributed by atoms with Gasteiger partial charge in [0.05, 0.1) is 12.5 Å². The predicted molar refractivity (Wildman–Crippen MR) is 118 cm³/mol. The van der Waals surface area contributed by atoms with Crippen LogP contribution in [0.3, 0.4) is 0 Å². The molecule has 4 rings (SSSR count). The maximum absolute atomic E-state index is 5.23. The summed E-state index contributed by atoms with van der Waals surface area (Å²) in [6.45, 7) is 5.92. The molecule has 0 atom stereocenters. The van der Waals surface area contributed by atoms with Crippen molar-refractivity contribution in [1.29, 1.82) is 0 Å². The number of benzene rings is 2. The third kappa shape index (κ3) is 3.94. The van der Waals surface area contributed by atoms with Crippen molar-refractivity contribution in [3.8, 4) is 5.75 Å². The van der Waals surface area contributed by atoms with Crippen molar-refractivity contribution >= 4 is 16.9 Å². The van der Waals surface area contributed by atoms with Crippen LogP contribution in [0.25, 0.3) is 11.0 Å². The number of anilines is 1. The molecule has 4 aromatic rings. The second kappa shape index (κ2) is 8.35. The lowest BCUT2D eigenvalue weighted by atomic mass is 10.1. The van der Waals surface area contributed by atoms with Gasteiger partial charge in [0.2, 0.25) is 0 Å². The molecule has 0 saturated carbocycles.